The highest BCUT2D eigenvalue weighted by Crippen LogP contribution is 2.25. The van der Waals surface area contributed by atoms with E-state index < -0.39 is 0 Å². The molecule has 0 aromatic heterocycles. The Bertz CT molecular complexity index is 544. The average molecular weight is 261 g/mol. The molecule has 1 unspecified atom stereocenters. The summed E-state index contributed by atoms with van der Waals surface area (Å²) in [4.78, 5) is 24.5. The lowest BCUT2D eigenvalue weighted by Crippen LogP contribution is -2.27. The van der Waals surface area contributed by atoms with Gasteiger partial charge in [-0.3, -0.25) is 4.79 Å². The molecule has 2 aliphatic heterocycles. The van der Waals surface area contributed by atoms with Gasteiger partial charge in [-0.05, 0) is 17.2 Å². The molecular formula is C13H15N3O3. The van der Waals surface area contributed by atoms with Crippen LogP contribution in [-0.4, -0.2) is 36.1 Å². The van der Waals surface area contributed by atoms with E-state index in [0.717, 1.165) is 16.8 Å². The van der Waals surface area contributed by atoms with E-state index in [0.29, 0.717) is 26.1 Å². The molecule has 0 saturated carbocycles. The van der Waals surface area contributed by atoms with Gasteiger partial charge in [-0.25, -0.2) is 4.79 Å². The van der Waals surface area contributed by atoms with Gasteiger partial charge in [0.2, 0.25) is 5.91 Å². The number of nitrogens with two attached hydrogens (primary N) is 1. The van der Waals surface area contributed by atoms with Crippen molar-refractivity contribution in [3.8, 4) is 0 Å². The molecule has 0 bridgehead atoms. The van der Waals surface area contributed by atoms with E-state index in [1.165, 1.54) is 0 Å². The van der Waals surface area contributed by atoms with Gasteiger partial charge in [0.05, 0.1) is 13.0 Å². The maximum Gasteiger partial charge on any atom is 0.410 e. The van der Waals surface area contributed by atoms with Gasteiger partial charge < -0.3 is 20.7 Å². The molecule has 6 heteroatoms. The van der Waals surface area contributed by atoms with Crippen LogP contribution in [0.25, 0.3) is 0 Å². The second-order valence-electron chi connectivity index (χ2n) is 4.84. The molecule has 1 aromatic rings. The van der Waals surface area contributed by atoms with Crippen molar-refractivity contribution in [2.24, 2.45) is 5.73 Å². The first-order chi connectivity index (χ1) is 9.15. The summed E-state index contributed by atoms with van der Waals surface area (Å²) in [5.41, 5.74) is 8.32. The van der Waals surface area contributed by atoms with Crippen LogP contribution in [0, 0.1) is 0 Å². The minimum atomic E-state index is -0.329. The topological polar surface area (TPSA) is 84.7 Å². The molecule has 2 amide bonds. The summed E-state index contributed by atoms with van der Waals surface area (Å²) in [6, 6.07) is 5.74. The molecule has 1 aromatic carbocycles. The van der Waals surface area contributed by atoms with Crippen molar-refractivity contribution in [1.82, 2.24) is 4.90 Å². The number of ether oxygens (including phenoxy) is 1. The first kappa shape index (κ1) is 12.0. The van der Waals surface area contributed by atoms with E-state index in [1.54, 1.807) is 4.90 Å². The predicted octanol–water partition coefficient (Wildman–Crippen LogP) is 0.461. The minimum Gasteiger partial charge on any atom is -0.443 e. The molecule has 0 spiro atoms. The standard InChI is InChI=1S/C13H15N3O3/c14-5-10-7-16(13(18)19-10)6-8-1-2-11-9(3-8)4-12(17)15-11/h1-3,10H,4-7,14H2,(H,15,17). The van der Waals surface area contributed by atoms with Crippen molar-refractivity contribution in [3.63, 3.8) is 0 Å². The molecule has 2 heterocycles. The molecule has 3 rings (SSSR count). The van der Waals surface area contributed by atoms with E-state index in [2.05, 4.69) is 5.32 Å². The molecule has 2 aliphatic rings. The number of carbonyl (C=O) groups is 2. The number of rotatable bonds is 3. The fourth-order valence-electron chi connectivity index (χ4n) is 2.43. The van der Waals surface area contributed by atoms with Gasteiger partial charge in [0.15, 0.2) is 0 Å². The van der Waals surface area contributed by atoms with Crippen molar-refractivity contribution in [1.29, 1.82) is 0 Å². The van der Waals surface area contributed by atoms with Crippen LogP contribution in [0.15, 0.2) is 18.2 Å². The Morgan fingerprint density at radius 2 is 2.26 bits per heavy atom. The zero-order chi connectivity index (χ0) is 13.4. The molecule has 6 nitrogen and oxygen atoms in total. The van der Waals surface area contributed by atoms with Crippen molar-refractivity contribution >= 4 is 17.7 Å². The second-order valence-corrected chi connectivity index (χ2v) is 4.84. The number of benzene rings is 1. The van der Waals surface area contributed by atoms with Gasteiger partial charge in [0.1, 0.15) is 6.10 Å². The normalized spacial score (nSPS) is 21.3. The summed E-state index contributed by atoms with van der Waals surface area (Å²) < 4.78 is 5.10. The summed E-state index contributed by atoms with van der Waals surface area (Å²) in [7, 11) is 0. The third-order valence-corrected chi connectivity index (χ3v) is 3.38. The number of fused-ring (bicyclic) bond motifs is 1. The Morgan fingerprint density at radius 1 is 1.42 bits per heavy atom. The number of nitrogens with zero attached hydrogens (tertiary/aromatic N) is 1. The van der Waals surface area contributed by atoms with Crippen molar-refractivity contribution in [2.45, 2.75) is 19.1 Å². The second kappa shape index (κ2) is 4.55. The van der Waals surface area contributed by atoms with Crippen molar-refractivity contribution in [3.05, 3.63) is 29.3 Å². The first-order valence-corrected chi connectivity index (χ1v) is 6.23. The monoisotopic (exact) mass is 261 g/mol. The lowest BCUT2D eigenvalue weighted by molar-refractivity contribution is -0.115. The summed E-state index contributed by atoms with van der Waals surface area (Å²) in [6.07, 6.45) is -0.144. The summed E-state index contributed by atoms with van der Waals surface area (Å²) in [5, 5.41) is 2.78. The number of anilines is 1. The quantitative estimate of drug-likeness (QED) is 0.828. The van der Waals surface area contributed by atoms with Gasteiger partial charge in [0, 0.05) is 18.8 Å². The number of hydrogen-bond donors (Lipinski definition) is 2. The van der Waals surface area contributed by atoms with E-state index in [-0.39, 0.29) is 18.1 Å². The molecule has 0 aliphatic carbocycles. The Balaban J connectivity index is 1.73. The van der Waals surface area contributed by atoms with Crippen LogP contribution in [0.4, 0.5) is 10.5 Å². The number of nitrogens with one attached hydrogen (secondary N) is 1. The molecule has 1 atom stereocenters. The lowest BCUT2D eigenvalue weighted by Gasteiger charge is -2.13. The summed E-state index contributed by atoms with van der Waals surface area (Å²) in [6.45, 7) is 1.34. The highest BCUT2D eigenvalue weighted by atomic mass is 16.6. The maximum absolute atomic E-state index is 11.6. The van der Waals surface area contributed by atoms with Crippen molar-refractivity contribution < 1.29 is 14.3 Å². The number of carbonyl (C=O) groups excluding carboxylic acids is 2. The van der Waals surface area contributed by atoms with Crippen LogP contribution in [0.2, 0.25) is 0 Å². The van der Waals surface area contributed by atoms with E-state index in [9.17, 15) is 9.59 Å². The van der Waals surface area contributed by atoms with E-state index >= 15 is 0 Å². The van der Waals surface area contributed by atoms with Crippen LogP contribution >= 0.6 is 0 Å². The average Bonchev–Trinajstić information content (AvgIpc) is 2.91. The van der Waals surface area contributed by atoms with E-state index in [1.807, 2.05) is 18.2 Å². The first-order valence-electron chi connectivity index (χ1n) is 6.23. The molecule has 3 N–H and O–H groups in total. The third-order valence-electron chi connectivity index (χ3n) is 3.38. The smallest absolute Gasteiger partial charge is 0.410 e. The van der Waals surface area contributed by atoms with Crippen LogP contribution in [0.1, 0.15) is 11.1 Å². The predicted molar refractivity (Wildman–Crippen MR) is 68.5 cm³/mol. The van der Waals surface area contributed by atoms with Gasteiger partial charge >= 0.3 is 6.09 Å². The van der Waals surface area contributed by atoms with Gasteiger partial charge in [0.25, 0.3) is 0 Å². The molecule has 1 fully saturated rings. The summed E-state index contributed by atoms with van der Waals surface area (Å²) >= 11 is 0. The zero-order valence-corrected chi connectivity index (χ0v) is 10.4. The van der Waals surface area contributed by atoms with E-state index in [4.69, 9.17) is 10.5 Å². The molecule has 100 valence electrons. The SMILES string of the molecule is NCC1CN(Cc2ccc3c(c2)CC(=O)N3)C(=O)O1. The fraction of sp³-hybridized carbons (Fsp3) is 0.385. The highest BCUT2D eigenvalue weighted by Gasteiger charge is 2.30. The van der Waals surface area contributed by atoms with Gasteiger partial charge in [-0.2, -0.15) is 0 Å². The largest absolute Gasteiger partial charge is 0.443 e. The van der Waals surface area contributed by atoms with Crippen molar-refractivity contribution in [2.75, 3.05) is 18.4 Å². The van der Waals surface area contributed by atoms with Crippen LogP contribution in [0.3, 0.4) is 0 Å². The third kappa shape index (κ3) is 2.26. The van der Waals surface area contributed by atoms with Gasteiger partial charge in [-0.15, -0.1) is 0 Å². The molecular weight excluding hydrogens is 246 g/mol. The van der Waals surface area contributed by atoms with Gasteiger partial charge in [-0.1, -0.05) is 12.1 Å². The Hall–Kier alpha value is -2.08. The molecule has 0 radical (unpaired) electrons. The number of amides is 2. The number of cyclic esters (lactones) is 1. The van der Waals surface area contributed by atoms with Crippen LogP contribution in [0.5, 0.6) is 0 Å². The Labute approximate surface area is 110 Å². The Kier molecular flexibility index (Phi) is 2.87. The molecule has 19 heavy (non-hydrogen) atoms. The minimum absolute atomic E-state index is 0.0101. The number of hydrogen-bond acceptors (Lipinski definition) is 4. The summed E-state index contributed by atoms with van der Waals surface area (Å²) in [5.74, 6) is 0.0101. The molecule has 1 saturated heterocycles. The highest BCUT2D eigenvalue weighted by molar-refractivity contribution is 5.99. The zero-order valence-electron chi connectivity index (χ0n) is 10.4. The fourth-order valence-corrected chi connectivity index (χ4v) is 2.43. The lowest BCUT2D eigenvalue weighted by atomic mass is 10.1. The van der Waals surface area contributed by atoms with Crippen LogP contribution in [-0.2, 0) is 22.5 Å². The van der Waals surface area contributed by atoms with Crippen LogP contribution < -0.4 is 11.1 Å². The Morgan fingerprint density at radius 3 is 3.00 bits per heavy atom. The maximum atomic E-state index is 11.6.